The number of nitrogens with zero attached hydrogens (tertiary/aromatic N) is 2. The normalized spacial score (nSPS) is 9.95. The van der Waals surface area contributed by atoms with Crippen molar-refractivity contribution < 1.29 is 9.47 Å². The summed E-state index contributed by atoms with van der Waals surface area (Å²) in [7, 11) is 3.19. The SMILES string of the molecule is C#CCn1cnc(-c2cc(OC)cc(OC)c2)c1N. The molecule has 1 aromatic heterocycles. The maximum Gasteiger partial charge on any atom is 0.132 e. The molecule has 0 saturated heterocycles. The van der Waals surface area contributed by atoms with Gasteiger partial charge in [-0.1, -0.05) is 5.92 Å². The van der Waals surface area contributed by atoms with Crippen LogP contribution in [0.1, 0.15) is 0 Å². The second kappa shape index (κ2) is 5.36. The largest absolute Gasteiger partial charge is 0.497 e. The molecule has 2 rings (SSSR count). The highest BCUT2D eigenvalue weighted by atomic mass is 16.5. The molecule has 2 N–H and O–H groups in total. The van der Waals surface area contributed by atoms with E-state index in [2.05, 4.69) is 10.9 Å². The second-order valence-corrected chi connectivity index (χ2v) is 3.91. The third-order valence-electron chi connectivity index (χ3n) is 2.76. The number of ether oxygens (including phenoxy) is 2. The van der Waals surface area contributed by atoms with Crippen molar-refractivity contribution in [2.24, 2.45) is 0 Å². The average Bonchev–Trinajstić information content (AvgIpc) is 2.80. The van der Waals surface area contributed by atoms with Crippen molar-refractivity contribution in [3.05, 3.63) is 24.5 Å². The van der Waals surface area contributed by atoms with E-state index >= 15 is 0 Å². The Hall–Kier alpha value is -2.61. The van der Waals surface area contributed by atoms with Crippen molar-refractivity contribution in [2.75, 3.05) is 20.0 Å². The van der Waals surface area contributed by atoms with Crippen molar-refractivity contribution in [2.45, 2.75) is 6.54 Å². The summed E-state index contributed by atoms with van der Waals surface area (Å²) < 4.78 is 12.2. The molecule has 0 saturated carbocycles. The lowest BCUT2D eigenvalue weighted by molar-refractivity contribution is 0.394. The molecule has 98 valence electrons. The van der Waals surface area contributed by atoms with Crippen molar-refractivity contribution in [3.8, 4) is 35.1 Å². The summed E-state index contributed by atoms with van der Waals surface area (Å²) in [5.74, 6) is 4.41. The van der Waals surface area contributed by atoms with Crippen LogP contribution in [0.4, 0.5) is 5.82 Å². The summed E-state index contributed by atoms with van der Waals surface area (Å²) in [4.78, 5) is 4.29. The first-order valence-corrected chi connectivity index (χ1v) is 5.67. The van der Waals surface area contributed by atoms with E-state index in [9.17, 15) is 0 Å². The Bertz CT molecular complexity index is 604. The second-order valence-electron chi connectivity index (χ2n) is 3.91. The molecule has 1 heterocycles. The van der Waals surface area contributed by atoms with E-state index in [1.165, 1.54) is 0 Å². The molecule has 0 unspecified atom stereocenters. The zero-order valence-corrected chi connectivity index (χ0v) is 10.9. The Morgan fingerprint density at radius 2 is 1.89 bits per heavy atom. The molecule has 0 radical (unpaired) electrons. The Morgan fingerprint density at radius 3 is 2.42 bits per heavy atom. The zero-order valence-electron chi connectivity index (χ0n) is 10.9. The average molecular weight is 257 g/mol. The van der Waals surface area contributed by atoms with Crippen molar-refractivity contribution in [1.82, 2.24) is 9.55 Å². The van der Waals surface area contributed by atoms with Gasteiger partial charge in [0.25, 0.3) is 0 Å². The van der Waals surface area contributed by atoms with Crippen molar-refractivity contribution in [3.63, 3.8) is 0 Å². The van der Waals surface area contributed by atoms with E-state index < -0.39 is 0 Å². The van der Waals surface area contributed by atoms with Crippen LogP contribution in [0.2, 0.25) is 0 Å². The highest BCUT2D eigenvalue weighted by Gasteiger charge is 2.12. The van der Waals surface area contributed by atoms with Crippen molar-refractivity contribution >= 4 is 5.82 Å². The van der Waals surface area contributed by atoms with Crippen LogP contribution in [0.3, 0.4) is 0 Å². The van der Waals surface area contributed by atoms with Gasteiger partial charge in [-0.15, -0.1) is 6.42 Å². The fraction of sp³-hybridized carbons (Fsp3) is 0.214. The van der Waals surface area contributed by atoms with Gasteiger partial charge in [0.1, 0.15) is 23.0 Å². The molecule has 2 aromatic rings. The Morgan fingerprint density at radius 1 is 1.26 bits per heavy atom. The van der Waals surface area contributed by atoms with E-state index in [0.717, 1.165) is 5.56 Å². The number of rotatable bonds is 4. The summed E-state index contributed by atoms with van der Waals surface area (Å²) in [6.45, 7) is 0.389. The van der Waals surface area contributed by atoms with Crippen molar-refractivity contribution in [1.29, 1.82) is 0 Å². The number of aromatic nitrogens is 2. The number of benzene rings is 1. The van der Waals surface area contributed by atoms with Gasteiger partial charge in [0.2, 0.25) is 0 Å². The zero-order chi connectivity index (χ0) is 13.8. The van der Waals surface area contributed by atoms with Gasteiger partial charge in [0.15, 0.2) is 0 Å². The monoisotopic (exact) mass is 257 g/mol. The van der Waals surface area contributed by atoms with Crippen LogP contribution in [-0.2, 0) is 6.54 Å². The van der Waals surface area contributed by atoms with Crippen LogP contribution in [0.25, 0.3) is 11.3 Å². The number of nitrogens with two attached hydrogens (primary N) is 1. The number of hydrogen-bond acceptors (Lipinski definition) is 4. The van der Waals surface area contributed by atoms with Gasteiger partial charge >= 0.3 is 0 Å². The smallest absolute Gasteiger partial charge is 0.132 e. The van der Waals surface area contributed by atoms with Gasteiger partial charge in [-0.25, -0.2) is 4.98 Å². The number of anilines is 1. The first kappa shape index (κ1) is 12.8. The lowest BCUT2D eigenvalue weighted by Gasteiger charge is -2.08. The molecule has 0 aliphatic carbocycles. The van der Waals surface area contributed by atoms with Crippen LogP contribution < -0.4 is 15.2 Å². The summed E-state index contributed by atoms with van der Waals surface area (Å²) in [5, 5.41) is 0. The molecule has 1 aromatic carbocycles. The van der Waals surface area contributed by atoms with Crippen LogP contribution in [0.15, 0.2) is 24.5 Å². The van der Waals surface area contributed by atoms with Crippen LogP contribution in [0, 0.1) is 12.3 Å². The Balaban J connectivity index is 2.49. The molecule has 0 aliphatic rings. The van der Waals surface area contributed by atoms with Gasteiger partial charge in [-0.3, -0.25) is 0 Å². The topological polar surface area (TPSA) is 62.3 Å². The predicted octanol–water partition coefficient (Wildman–Crippen LogP) is 1.78. The van der Waals surface area contributed by atoms with E-state index in [1.807, 2.05) is 12.1 Å². The number of hydrogen-bond donors (Lipinski definition) is 1. The number of terminal acetylenes is 1. The highest BCUT2D eigenvalue weighted by molar-refractivity contribution is 5.73. The molecular weight excluding hydrogens is 242 g/mol. The number of methoxy groups -OCH3 is 2. The molecule has 19 heavy (non-hydrogen) atoms. The maximum atomic E-state index is 6.03. The fourth-order valence-electron chi connectivity index (χ4n) is 1.78. The van der Waals surface area contributed by atoms with E-state index in [4.69, 9.17) is 21.6 Å². The van der Waals surface area contributed by atoms with E-state index in [-0.39, 0.29) is 0 Å². The van der Waals surface area contributed by atoms with Gasteiger partial charge in [0.05, 0.1) is 27.1 Å². The molecule has 0 atom stereocenters. The number of imidazole rings is 1. The van der Waals surface area contributed by atoms with Gasteiger partial charge in [0, 0.05) is 11.6 Å². The highest BCUT2D eigenvalue weighted by Crippen LogP contribution is 2.31. The minimum absolute atomic E-state index is 0.389. The first-order valence-electron chi connectivity index (χ1n) is 5.67. The third-order valence-corrected chi connectivity index (χ3v) is 2.76. The molecule has 5 nitrogen and oxygen atoms in total. The molecule has 0 bridgehead atoms. The van der Waals surface area contributed by atoms with Gasteiger partial charge in [-0.05, 0) is 12.1 Å². The van der Waals surface area contributed by atoms with Gasteiger partial charge in [-0.2, -0.15) is 0 Å². The summed E-state index contributed by atoms with van der Waals surface area (Å²) >= 11 is 0. The summed E-state index contributed by atoms with van der Waals surface area (Å²) in [5.41, 5.74) is 7.51. The van der Waals surface area contributed by atoms with Crippen LogP contribution in [0.5, 0.6) is 11.5 Å². The third kappa shape index (κ3) is 2.47. The Kier molecular flexibility index (Phi) is 3.62. The standard InChI is InChI=1S/C14H15N3O2/c1-4-5-17-9-16-13(14(17)15)10-6-11(18-2)8-12(7-10)19-3/h1,6-9H,5,15H2,2-3H3. The molecule has 0 spiro atoms. The molecule has 0 aliphatic heterocycles. The molecule has 0 fully saturated rings. The summed E-state index contributed by atoms with van der Waals surface area (Å²) in [6, 6.07) is 5.49. The molecule has 0 amide bonds. The lowest BCUT2D eigenvalue weighted by Crippen LogP contribution is -2.00. The quantitative estimate of drug-likeness (QED) is 0.848. The van der Waals surface area contributed by atoms with E-state index in [1.54, 1.807) is 31.2 Å². The maximum absolute atomic E-state index is 6.03. The number of nitrogen functional groups attached to an aromatic ring is 1. The fourth-order valence-corrected chi connectivity index (χ4v) is 1.78. The predicted molar refractivity (Wildman–Crippen MR) is 74.0 cm³/mol. The first-order chi connectivity index (χ1) is 9.19. The molecule has 5 heteroatoms. The van der Waals surface area contributed by atoms with Crippen LogP contribution >= 0.6 is 0 Å². The summed E-state index contributed by atoms with van der Waals surface area (Å²) in [6.07, 6.45) is 6.90. The molecular formula is C14H15N3O2. The van der Waals surface area contributed by atoms with Crippen LogP contribution in [-0.4, -0.2) is 23.8 Å². The van der Waals surface area contributed by atoms with E-state index in [0.29, 0.717) is 29.6 Å². The Labute approximate surface area is 112 Å². The minimum atomic E-state index is 0.389. The lowest BCUT2D eigenvalue weighted by atomic mass is 10.1. The minimum Gasteiger partial charge on any atom is -0.497 e. The van der Waals surface area contributed by atoms with Gasteiger partial charge < -0.3 is 19.8 Å².